The average molecular weight is 300 g/mol. The van der Waals surface area contributed by atoms with E-state index in [0.29, 0.717) is 17.7 Å². The van der Waals surface area contributed by atoms with Crippen LogP contribution >= 0.6 is 11.8 Å². The van der Waals surface area contributed by atoms with Crippen molar-refractivity contribution in [3.8, 4) is 0 Å². The summed E-state index contributed by atoms with van der Waals surface area (Å²) in [5.41, 5.74) is 0. The zero-order valence-corrected chi connectivity index (χ0v) is 13.9. The van der Waals surface area contributed by atoms with Gasteiger partial charge in [0.15, 0.2) is 0 Å². The number of morpholine rings is 1. The molecule has 0 aromatic rings. The molecule has 1 atom stereocenters. The first-order valence-corrected chi connectivity index (χ1v) is 8.68. The van der Waals surface area contributed by atoms with Crippen LogP contribution in [0, 0.1) is 0 Å². The van der Waals surface area contributed by atoms with Gasteiger partial charge >= 0.3 is 0 Å². The monoisotopic (exact) mass is 300 g/mol. The summed E-state index contributed by atoms with van der Waals surface area (Å²) >= 11 is 1.75. The summed E-state index contributed by atoms with van der Waals surface area (Å²) in [6.07, 6.45) is 2.31. The van der Waals surface area contributed by atoms with Crippen LogP contribution in [0.25, 0.3) is 0 Å². The smallest absolute Gasteiger partial charge is 0.232 e. The van der Waals surface area contributed by atoms with E-state index >= 15 is 0 Å². The molecule has 0 aliphatic carbocycles. The van der Waals surface area contributed by atoms with Gasteiger partial charge in [-0.15, -0.1) is 11.8 Å². The molecule has 0 aromatic heterocycles. The van der Waals surface area contributed by atoms with Crippen molar-refractivity contribution in [2.24, 2.45) is 0 Å². The molecule has 0 spiro atoms. The molecular weight excluding hydrogens is 272 g/mol. The maximum atomic E-state index is 12.4. The van der Waals surface area contributed by atoms with Crippen LogP contribution in [0.4, 0.5) is 0 Å². The molecule has 0 bridgehead atoms. The molecule has 1 unspecified atom stereocenters. The van der Waals surface area contributed by atoms with E-state index in [2.05, 4.69) is 30.6 Å². The van der Waals surface area contributed by atoms with E-state index in [1.807, 2.05) is 0 Å². The second kappa shape index (κ2) is 7.14. The topological polar surface area (TPSA) is 32.8 Å². The summed E-state index contributed by atoms with van der Waals surface area (Å²) < 4.78 is 5.55. The second-order valence-corrected chi connectivity index (χ2v) is 8.50. The zero-order chi connectivity index (χ0) is 14.6. The zero-order valence-electron chi connectivity index (χ0n) is 13.1. The molecule has 2 aliphatic heterocycles. The Hall–Kier alpha value is -0.260. The standard InChI is InChI=1S/C15H28N2O2S/c1-15(2,3)20-12-14(18)17-6-4-5-13(17)11-16-7-9-19-10-8-16/h13H,4-12H2,1-3H3. The summed E-state index contributed by atoms with van der Waals surface area (Å²) in [4.78, 5) is 17.0. The molecule has 20 heavy (non-hydrogen) atoms. The van der Waals surface area contributed by atoms with Gasteiger partial charge in [-0.1, -0.05) is 20.8 Å². The molecule has 0 saturated carbocycles. The molecule has 116 valence electrons. The number of carbonyl (C=O) groups excluding carboxylic acids is 1. The molecule has 4 nitrogen and oxygen atoms in total. The van der Waals surface area contributed by atoms with Gasteiger partial charge in [0.25, 0.3) is 0 Å². The molecule has 2 saturated heterocycles. The van der Waals surface area contributed by atoms with Crippen LogP contribution in [0.3, 0.4) is 0 Å². The fourth-order valence-electron chi connectivity index (χ4n) is 2.80. The van der Waals surface area contributed by atoms with E-state index in [0.717, 1.165) is 52.2 Å². The summed E-state index contributed by atoms with van der Waals surface area (Å²) in [6, 6.07) is 0.418. The normalized spacial score (nSPS) is 25.1. The van der Waals surface area contributed by atoms with E-state index in [1.54, 1.807) is 11.8 Å². The van der Waals surface area contributed by atoms with Crippen LogP contribution in [0.2, 0.25) is 0 Å². The maximum absolute atomic E-state index is 12.4. The Kier molecular flexibility index (Phi) is 5.75. The molecule has 0 aromatic carbocycles. The number of hydrogen-bond acceptors (Lipinski definition) is 4. The molecule has 2 aliphatic rings. The minimum absolute atomic E-state index is 0.162. The van der Waals surface area contributed by atoms with Crippen LogP contribution < -0.4 is 0 Å². The van der Waals surface area contributed by atoms with Crippen molar-refractivity contribution in [3.63, 3.8) is 0 Å². The minimum Gasteiger partial charge on any atom is -0.379 e. The van der Waals surface area contributed by atoms with Gasteiger partial charge in [-0.25, -0.2) is 0 Å². The van der Waals surface area contributed by atoms with Gasteiger partial charge in [0.1, 0.15) is 0 Å². The van der Waals surface area contributed by atoms with Crippen LogP contribution in [-0.4, -0.2) is 71.6 Å². The fourth-order valence-corrected chi connectivity index (χ4v) is 3.52. The Labute approximate surface area is 127 Å². The Balaban J connectivity index is 1.81. The van der Waals surface area contributed by atoms with Crippen molar-refractivity contribution in [2.75, 3.05) is 45.1 Å². The summed E-state index contributed by atoms with van der Waals surface area (Å²) in [5.74, 6) is 0.934. The highest BCUT2D eigenvalue weighted by molar-refractivity contribution is 8.01. The second-order valence-electron chi connectivity index (χ2n) is 6.70. The van der Waals surface area contributed by atoms with Crippen molar-refractivity contribution in [2.45, 2.75) is 44.4 Å². The largest absolute Gasteiger partial charge is 0.379 e. The van der Waals surface area contributed by atoms with Gasteiger partial charge in [0.2, 0.25) is 5.91 Å². The molecule has 2 fully saturated rings. The fraction of sp³-hybridized carbons (Fsp3) is 0.933. The predicted molar refractivity (Wildman–Crippen MR) is 84.2 cm³/mol. The SMILES string of the molecule is CC(C)(C)SCC(=O)N1CCCC1CN1CCOCC1. The molecule has 5 heteroatoms. The first kappa shape index (κ1) is 16.1. The van der Waals surface area contributed by atoms with Crippen LogP contribution in [-0.2, 0) is 9.53 Å². The van der Waals surface area contributed by atoms with E-state index in [9.17, 15) is 4.79 Å². The number of rotatable bonds is 4. The number of amides is 1. The lowest BCUT2D eigenvalue weighted by Crippen LogP contribution is -2.47. The summed E-state index contributed by atoms with van der Waals surface area (Å²) in [7, 11) is 0. The molecule has 0 radical (unpaired) electrons. The Morgan fingerprint density at radius 3 is 2.60 bits per heavy atom. The highest BCUT2D eigenvalue weighted by Gasteiger charge is 2.30. The first-order valence-electron chi connectivity index (χ1n) is 7.69. The lowest BCUT2D eigenvalue weighted by atomic mass is 10.2. The molecule has 0 N–H and O–H groups in total. The van der Waals surface area contributed by atoms with Crippen LogP contribution in [0.5, 0.6) is 0 Å². The van der Waals surface area contributed by atoms with E-state index in [-0.39, 0.29) is 4.75 Å². The van der Waals surface area contributed by atoms with Crippen molar-refractivity contribution in [1.29, 1.82) is 0 Å². The molecule has 2 rings (SSSR count). The predicted octanol–water partition coefficient (Wildman–Crippen LogP) is 1.84. The number of nitrogens with zero attached hydrogens (tertiary/aromatic N) is 2. The van der Waals surface area contributed by atoms with Gasteiger partial charge in [-0.3, -0.25) is 9.69 Å². The number of likely N-dealkylation sites (tertiary alicyclic amines) is 1. The summed E-state index contributed by atoms with van der Waals surface area (Å²) in [5, 5.41) is 0. The highest BCUT2D eigenvalue weighted by Crippen LogP contribution is 2.25. The number of thioether (sulfide) groups is 1. The lowest BCUT2D eigenvalue weighted by Gasteiger charge is -2.33. The quantitative estimate of drug-likeness (QED) is 0.793. The third-order valence-electron chi connectivity index (χ3n) is 3.90. The average Bonchev–Trinajstić information content (AvgIpc) is 2.84. The van der Waals surface area contributed by atoms with E-state index < -0.39 is 0 Å². The van der Waals surface area contributed by atoms with Gasteiger partial charge in [-0.05, 0) is 12.8 Å². The van der Waals surface area contributed by atoms with E-state index in [4.69, 9.17) is 4.74 Å². The highest BCUT2D eigenvalue weighted by atomic mass is 32.2. The number of carbonyl (C=O) groups is 1. The number of ether oxygens (including phenoxy) is 1. The Bertz CT molecular complexity index is 324. The molecule has 1 amide bonds. The maximum Gasteiger partial charge on any atom is 0.232 e. The van der Waals surface area contributed by atoms with Crippen molar-refractivity contribution < 1.29 is 9.53 Å². The minimum atomic E-state index is 0.162. The van der Waals surface area contributed by atoms with Crippen LogP contribution in [0.15, 0.2) is 0 Å². The van der Waals surface area contributed by atoms with Crippen molar-refractivity contribution in [1.82, 2.24) is 9.80 Å². The van der Waals surface area contributed by atoms with Gasteiger partial charge in [0, 0.05) is 37.0 Å². The van der Waals surface area contributed by atoms with Crippen molar-refractivity contribution in [3.05, 3.63) is 0 Å². The molecule has 2 heterocycles. The molecular formula is C15H28N2O2S. The van der Waals surface area contributed by atoms with Gasteiger partial charge in [-0.2, -0.15) is 0 Å². The van der Waals surface area contributed by atoms with Gasteiger partial charge < -0.3 is 9.64 Å². The van der Waals surface area contributed by atoms with Crippen LogP contribution in [0.1, 0.15) is 33.6 Å². The summed E-state index contributed by atoms with van der Waals surface area (Å²) in [6.45, 7) is 12.2. The first-order chi connectivity index (χ1) is 9.46. The van der Waals surface area contributed by atoms with Crippen molar-refractivity contribution >= 4 is 17.7 Å². The third-order valence-corrected chi connectivity index (χ3v) is 5.16. The number of hydrogen-bond donors (Lipinski definition) is 0. The van der Waals surface area contributed by atoms with E-state index in [1.165, 1.54) is 0 Å². The van der Waals surface area contributed by atoms with Gasteiger partial charge in [0.05, 0.1) is 19.0 Å². The Morgan fingerprint density at radius 2 is 1.95 bits per heavy atom. The third kappa shape index (κ3) is 4.93. The lowest BCUT2D eigenvalue weighted by molar-refractivity contribution is -0.129. The Morgan fingerprint density at radius 1 is 1.25 bits per heavy atom.